The van der Waals surface area contributed by atoms with E-state index < -0.39 is 0 Å². The highest BCUT2D eigenvalue weighted by atomic mass is 16.1. The number of H-pyrrole nitrogens is 1. The van der Waals surface area contributed by atoms with Crippen LogP contribution in [0.3, 0.4) is 0 Å². The molecule has 0 spiro atoms. The molecule has 6 nitrogen and oxygen atoms in total. The molecule has 3 N–H and O–H groups in total. The third kappa shape index (κ3) is 3.56. The summed E-state index contributed by atoms with van der Waals surface area (Å²) in [5.41, 5.74) is 6.38. The quantitative estimate of drug-likeness (QED) is 0.605. The number of piperidine rings is 1. The molecule has 1 aromatic rings. The van der Waals surface area contributed by atoms with E-state index in [1.807, 2.05) is 0 Å². The van der Waals surface area contributed by atoms with Crippen LogP contribution in [-0.4, -0.2) is 33.9 Å². The van der Waals surface area contributed by atoms with Gasteiger partial charge in [-0.1, -0.05) is 6.92 Å². The van der Waals surface area contributed by atoms with E-state index in [0.29, 0.717) is 23.3 Å². The summed E-state index contributed by atoms with van der Waals surface area (Å²) >= 11 is 0. The van der Waals surface area contributed by atoms with Gasteiger partial charge < -0.3 is 15.6 Å². The van der Waals surface area contributed by atoms with Gasteiger partial charge in [0.15, 0.2) is 5.96 Å². The third-order valence-electron chi connectivity index (χ3n) is 3.39. The van der Waals surface area contributed by atoms with E-state index in [-0.39, 0.29) is 12.1 Å². The fourth-order valence-corrected chi connectivity index (χ4v) is 2.29. The second kappa shape index (κ2) is 5.86. The molecule has 2 rings (SSSR count). The molecule has 0 bridgehead atoms. The standard InChI is InChI=1S/C13H21N5O/c1-9-4-3-5-18(8-9)13(14)16-7-11-6-15-10(2)17-12(11)19/h6,9H,3-5,7-8H2,1-2H3,(H2,14,16)(H,15,17,19). The molecule has 19 heavy (non-hydrogen) atoms. The van der Waals surface area contributed by atoms with E-state index in [1.54, 1.807) is 13.1 Å². The molecule has 0 radical (unpaired) electrons. The second-order valence-corrected chi connectivity index (χ2v) is 5.19. The van der Waals surface area contributed by atoms with E-state index in [9.17, 15) is 4.79 Å². The molecular formula is C13H21N5O. The van der Waals surface area contributed by atoms with Crippen molar-refractivity contribution >= 4 is 5.96 Å². The van der Waals surface area contributed by atoms with Gasteiger partial charge in [0, 0.05) is 19.3 Å². The number of aromatic amines is 1. The molecule has 1 unspecified atom stereocenters. The average Bonchev–Trinajstić information content (AvgIpc) is 2.37. The molecule has 1 aliphatic rings. The summed E-state index contributed by atoms with van der Waals surface area (Å²) in [5.74, 6) is 1.77. The van der Waals surface area contributed by atoms with E-state index in [1.165, 1.54) is 6.42 Å². The van der Waals surface area contributed by atoms with Crippen LogP contribution in [0.2, 0.25) is 0 Å². The monoisotopic (exact) mass is 263 g/mol. The van der Waals surface area contributed by atoms with Crippen molar-refractivity contribution in [2.75, 3.05) is 13.1 Å². The number of hydrogen-bond acceptors (Lipinski definition) is 3. The first-order valence-corrected chi connectivity index (χ1v) is 6.66. The van der Waals surface area contributed by atoms with Crippen molar-refractivity contribution in [3.63, 3.8) is 0 Å². The first-order chi connectivity index (χ1) is 9.06. The van der Waals surface area contributed by atoms with Crippen LogP contribution >= 0.6 is 0 Å². The first kappa shape index (κ1) is 13.6. The number of rotatable bonds is 2. The van der Waals surface area contributed by atoms with Crippen LogP contribution in [0.15, 0.2) is 16.0 Å². The Balaban J connectivity index is 2.03. The number of aryl methyl sites for hydroxylation is 1. The van der Waals surface area contributed by atoms with Gasteiger partial charge >= 0.3 is 0 Å². The van der Waals surface area contributed by atoms with Crippen LogP contribution in [0.4, 0.5) is 0 Å². The Kier molecular flexibility index (Phi) is 4.19. The highest BCUT2D eigenvalue weighted by Gasteiger charge is 2.17. The lowest BCUT2D eigenvalue weighted by atomic mass is 10.0. The Morgan fingerprint density at radius 3 is 3.16 bits per heavy atom. The molecule has 1 aliphatic heterocycles. The Morgan fingerprint density at radius 2 is 2.47 bits per heavy atom. The summed E-state index contributed by atoms with van der Waals surface area (Å²) in [7, 11) is 0. The number of aliphatic imine (C=N–C) groups is 1. The highest BCUT2D eigenvalue weighted by Crippen LogP contribution is 2.14. The molecule has 1 aromatic heterocycles. The number of likely N-dealkylation sites (tertiary alicyclic amines) is 1. The van der Waals surface area contributed by atoms with Crippen molar-refractivity contribution in [3.8, 4) is 0 Å². The van der Waals surface area contributed by atoms with Crippen LogP contribution in [0.1, 0.15) is 31.2 Å². The van der Waals surface area contributed by atoms with Gasteiger partial charge in [-0.05, 0) is 25.7 Å². The Labute approximate surface area is 112 Å². The van der Waals surface area contributed by atoms with Crippen molar-refractivity contribution in [3.05, 3.63) is 27.9 Å². The zero-order valence-electron chi connectivity index (χ0n) is 11.5. The fourth-order valence-electron chi connectivity index (χ4n) is 2.29. The average molecular weight is 263 g/mol. The summed E-state index contributed by atoms with van der Waals surface area (Å²) in [6.45, 7) is 6.13. The minimum Gasteiger partial charge on any atom is -0.370 e. The summed E-state index contributed by atoms with van der Waals surface area (Å²) in [4.78, 5) is 24.8. The molecule has 0 aliphatic carbocycles. The molecule has 1 atom stereocenters. The van der Waals surface area contributed by atoms with Crippen molar-refractivity contribution in [2.45, 2.75) is 33.2 Å². The predicted octanol–water partition coefficient (Wildman–Crippen LogP) is 0.625. The number of guanidine groups is 1. The van der Waals surface area contributed by atoms with E-state index in [2.05, 4.69) is 26.8 Å². The van der Waals surface area contributed by atoms with Gasteiger partial charge in [0.25, 0.3) is 5.56 Å². The van der Waals surface area contributed by atoms with Crippen LogP contribution in [0.5, 0.6) is 0 Å². The largest absolute Gasteiger partial charge is 0.370 e. The molecule has 2 heterocycles. The molecule has 104 valence electrons. The van der Waals surface area contributed by atoms with Gasteiger partial charge in [-0.3, -0.25) is 4.79 Å². The maximum absolute atomic E-state index is 11.7. The highest BCUT2D eigenvalue weighted by molar-refractivity contribution is 5.78. The second-order valence-electron chi connectivity index (χ2n) is 5.19. The summed E-state index contributed by atoms with van der Waals surface area (Å²) < 4.78 is 0. The number of nitrogens with one attached hydrogen (secondary N) is 1. The molecule has 0 amide bonds. The third-order valence-corrected chi connectivity index (χ3v) is 3.39. The summed E-state index contributed by atoms with van der Waals surface area (Å²) in [6.07, 6.45) is 3.94. The van der Waals surface area contributed by atoms with Crippen LogP contribution in [-0.2, 0) is 6.54 Å². The van der Waals surface area contributed by atoms with Gasteiger partial charge in [0.1, 0.15) is 5.82 Å². The van der Waals surface area contributed by atoms with Crippen molar-refractivity contribution in [1.82, 2.24) is 14.9 Å². The minimum absolute atomic E-state index is 0.143. The van der Waals surface area contributed by atoms with Crippen molar-refractivity contribution in [1.29, 1.82) is 0 Å². The van der Waals surface area contributed by atoms with E-state index in [0.717, 1.165) is 19.5 Å². The first-order valence-electron chi connectivity index (χ1n) is 6.66. The van der Waals surface area contributed by atoms with Crippen molar-refractivity contribution < 1.29 is 0 Å². The topological polar surface area (TPSA) is 87.4 Å². The van der Waals surface area contributed by atoms with Gasteiger partial charge in [0.2, 0.25) is 0 Å². The van der Waals surface area contributed by atoms with Crippen LogP contribution in [0.25, 0.3) is 0 Å². The zero-order chi connectivity index (χ0) is 13.8. The minimum atomic E-state index is -0.143. The van der Waals surface area contributed by atoms with Gasteiger partial charge in [-0.2, -0.15) is 0 Å². The molecule has 1 saturated heterocycles. The number of hydrogen-bond donors (Lipinski definition) is 2. The SMILES string of the molecule is Cc1ncc(CN=C(N)N2CCCC(C)C2)c(=O)[nH]1. The lowest BCUT2D eigenvalue weighted by Crippen LogP contribution is -2.43. The number of aromatic nitrogens is 2. The zero-order valence-corrected chi connectivity index (χ0v) is 11.5. The lowest BCUT2D eigenvalue weighted by Gasteiger charge is -2.31. The summed E-state index contributed by atoms with van der Waals surface area (Å²) in [5, 5.41) is 0. The Hall–Kier alpha value is -1.85. The van der Waals surface area contributed by atoms with Gasteiger partial charge in [-0.15, -0.1) is 0 Å². The van der Waals surface area contributed by atoms with Crippen LogP contribution in [0, 0.1) is 12.8 Å². The summed E-state index contributed by atoms with van der Waals surface area (Å²) in [6, 6.07) is 0. The molecule has 0 saturated carbocycles. The molecule has 6 heteroatoms. The van der Waals surface area contributed by atoms with E-state index >= 15 is 0 Å². The Bertz CT molecular complexity index is 522. The molecule has 1 fully saturated rings. The Morgan fingerprint density at radius 1 is 1.68 bits per heavy atom. The normalized spacial score (nSPS) is 20.6. The lowest BCUT2D eigenvalue weighted by molar-refractivity contribution is 0.270. The van der Waals surface area contributed by atoms with Gasteiger partial charge in [0.05, 0.1) is 12.1 Å². The fraction of sp³-hybridized carbons (Fsp3) is 0.615. The maximum atomic E-state index is 11.7. The number of nitrogens with zero attached hydrogens (tertiary/aromatic N) is 3. The number of nitrogens with two attached hydrogens (primary N) is 1. The van der Waals surface area contributed by atoms with Gasteiger partial charge in [-0.25, -0.2) is 9.98 Å². The van der Waals surface area contributed by atoms with Crippen LogP contribution < -0.4 is 11.3 Å². The molecule has 0 aromatic carbocycles. The smallest absolute Gasteiger partial charge is 0.255 e. The molecular weight excluding hydrogens is 242 g/mol. The van der Waals surface area contributed by atoms with Crippen molar-refractivity contribution in [2.24, 2.45) is 16.6 Å². The van der Waals surface area contributed by atoms with E-state index in [4.69, 9.17) is 5.73 Å². The maximum Gasteiger partial charge on any atom is 0.255 e. The predicted molar refractivity (Wildman–Crippen MR) is 74.9 cm³/mol.